The zero-order valence-electron chi connectivity index (χ0n) is 11.9. The average molecular weight is 310 g/mol. The molecule has 0 aliphatic heterocycles. The summed E-state index contributed by atoms with van der Waals surface area (Å²) in [5, 5.41) is 6.10. The molecular formula is C15H19FN2S2. The maximum absolute atomic E-state index is 14.2. The molecule has 1 atom stereocenters. The molecule has 1 heterocycles. The van der Waals surface area contributed by atoms with Gasteiger partial charge in [-0.1, -0.05) is 19.9 Å². The molecule has 0 bridgehead atoms. The molecule has 0 radical (unpaired) electrons. The van der Waals surface area contributed by atoms with Crippen molar-refractivity contribution in [1.29, 1.82) is 0 Å². The third-order valence-corrected chi connectivity index (χ3v) is 4.78. The van der Waals surface area contributed by atoms with Gasteiger partial charge in [-0.2, -0.15) is 0 Å². The van der Waals surface area contributed by atoms with E-state index in [0.717, 1.165) is 27.9 Å². The highest BCUT2D eigenvalue weighted by Gasteiger charge is 2.16. The van der Waals surface area contributed by atoms with Crippen LogP contribution in [0.3, 0.4) is 0 Å². The average Bonchev–Trinajstić information content (AvgIpc) is 2.89. The quantitative estimate of drug-likeness (QED) is 0.781. The molecule has 0 aliphatic rings. The first kappa shape index (κ1) is 15.5. The first-order valence-electron chi connectivity index (χ1n) is 6.77. The van der Waals surface area contributed by atoms with Gasteiger partial charge in [0.1, 0.15) is 10.8 Å². The number of aromatic nitrogens is 1. The highest BCUT2D eigenvalue weighted by molar-refractivity contribution is 7.99. The van der Waals surface area contributed by atoms with Crippen molar-refractivity contribution in [2.45, 2.75) is 31.7 Å². The van der Waals surface area contributed by atoms with Crippen molar-refractivity contribution >= 4 is 23.1 Å². The molecule has 1 aromatic heterocycles. The summed E-state index contributed by atoms with van der Waals surface area (Å²) in [6.45, 7) is 7.10. The minimum Gasteiger partial charge on any atom is -0.309 e. The Bertz CT molecular complexity index is 569. The van der Waals surface area contributed by atoms with E-state index in [1.807, 2.05) is 11.4 Å². The lowest BCUT2D eigenvalue weighted by Gasteiger charge is -2.09. The monoisotopic (exact) mass is 310 g/mol. The van der Waals surface area contributed by atoms with Crippen LogP contribution in [0, 0.1) is 5.82 Å². The van der Waals surface area contributed by atoms with Gasteiger partial charge < -0.3 is 5.32 Å². The smallest absolute Gasteiger partial charge is 0.134 e. The van der Waals surface area contributed by atoms with Gasteiger partial charge in [0.05, 0.1) is 11.3 Å². The molecule has 2 nitrogen and oxygen atoms in total. The van der Waals surface area contributed by atoms with E-state index < -0.39 is 0 Å². The molecule has 1 aromatic carbocycles. The van der Waals surface area contributed by atoms with Gasteiger partial charge in [0.25, 0.3) is 0 Å². The van der Waals surface area contributed by atoms with Crippen molar-refractivity contribution in [2.75, 3.05) is 12.3 Å². The van der Waals surface area contributed by atoms with Crippen molar-refractivity contribution in [3.63, 3.8) is 0 Å². The number of benzene rings is 1. The molecule has 1 N–H and O–H groups in total. The molecule has 0 aliphatic carbocycles. The first-order valence-corrected chi connectivity index (χ1v) is 8.64. The van der Waals surface area contributed by atoms with E-state index in [2.05, 4.69) is 31.1 Å². The normalized spacial score (nSPS) is 12.6. The molecule has 0 spiro atoms. The molecule has 0 saturated heterocycles. The lowest BCUT2D eigenvalue weighted by atomic mass is 10.2. The van der Waals surface area contributed by atoms with Crippen LogP contribution in [0.4, 0.5) is 4.39 Å². The van der Waals surface area contributed by atoms with Crippen molar-refractivity contribution in [2.24, 2.45) is 0 Å². The van der Waals surface area contributed by atoms with E-state index in [1.54, 1.807) is 17.8 Å². The van der Waals surface area contributed by atoms with Crippen LogP contribution >= 0.6 is 23.1 Å². The van der Waals surface area contributed by atoms with Crippen LogP contribution in [0.15, 0.2) is 28.5 Å². The zero-order chi connectivity index (χ0) is 14.5. The van der Waals surface area contributed by atoms with Gasteiger partial charge in [0.2, 0.25) is 0 Å². The fourth-order valence-electron chi connectivity index (χ4n) is 2.00. The van der Waals surface area contributed by atoms with Crippen molar-refractivity contribution in [1.82, 2.24) is 10.3 Å². The predicted molar refractivity (Wildman–Crippen MR) is 86.0 cm³/mol. The van der Waals surface area contributed by atoms with Crippen LogP contribution in [0.1, 0.15) is 32.5 Å². The van der Waals surface area contributed by atoms with Crippen LogP contribution in [0.2, 0.25) is 0 Å². The second-order valence-electron chi connectivity index (χ2n) is 4.40. The van der Waals surface area contributed by atoms with E-state index in [4.69, 9.17) is 0 Å². The molecule has 0 amide bonds. The van der Waals surface area contributed by atoms with Crippen molar-refractivity contribution < 1.29 is 4.39 Å². The summed E-state index contributed by atoms with van der Waals surface area (Å²) >= 11 is 3.16. The van der Waals surface area contributed by atoms with Crippen LogP contribution in [-0.4, -0.2) is 17.3 Å². The van der Waals surface area contributed by atoms with Crippen LogP contribution < -0.4 is 5.32 Å². The molecule has 5 heteroatoms. The van der Waals surface area contributed by atoms with Gasteiger partial charge in [0.15, 0.2) is 0 Å². The van der Waals surface area contributed by atoms with E-state index in [9.17, 15) is 4.39 Å². The van der Waals surface area contributed by atoms with Crippen LogP contribution in [-0.2, 0) is 0 Å². The molecule has 0 fully saturated rings. The van der Waals surface area contributed by atoms with Crippen LogP contribution in [0.5, 0.6) is 0 Å². The SMILES string of the molecule is CCNC(C)c1csc(-c2c(F)cccc2SCC)n1. The summed E-state index contributed by atoms with van der Waals surface area (Å²) in [5.41, 5.74) is 1.61. The van der Waals surface area contributed by atoms with Gasteiger partial charge in [-0.3, -0.25) is 0 Å². The first-order chi connectivity index (χ1) is 9.67. The molecule has 2 rings (SSSR count). The Hall–Kier alpha value is -0.910. The fraction of sp³-hybridized carbons (Fsp3) is 0.400. The molecule has 1 unspecified atom stereocenters. The Labute approximate surface area is 127 Å². The third-order valence-electron chi connectivity index (χ3n) is 2.96. The standard InChI is InChI=1S/C15H19FN2S2/c1-4-17-10(3)12-9-20-15(18-12)14-11(16)7-6-8-13(14)19-5-2/h6-10,17H,4-5H2,1-3H3. The number of hydrogen-bond acceptors (Lipinski definition) is 4. The van der Waals surface area contributed by atoms with Gasteiger partial charge >= 0.3 is 0 Å². The molecule has 20 heavy (non-hydrogen) atoms. The Morgan fingerprint density at radius 1 is 1.40 bits per heavy atom. The largest absolute Gasteiger partial charge is 0.309 e. The van der Waals surface area contributed by atoms with Crippen LogP contribution in [0.25, 0.3) is 10.6 Å². The van der Waals surface area contributed by atoms with E-state index in [-0.39, 0.29) is 11.9 Å². The second-order valence-corrected chi connectivity index (χ2v) is 6.57. The number of halogens is 1. The summed E-state index contributed by atoms with van der Waals surface area (Å²) in [4.78, 5) is 5.57. The van der Waals surface area contributed by atoms with Gasteiger partial charge in [-0.15, -0.1) is 23.1 Å². The van der Waals surface area contributed by atoms with E-state index in [0.29, 0.717) is 5.56 Å². The summed E-state index contributed by atoms with van der Waals surface area (Å²) in [5.74, 6) is 0.725. The van der Waals surface area contributed by atoms with Gasteiger partial charge in [-0.05, 0) is 31.4 Å². The minimum atomic E-state index is -0.194. The molecule has 108 valence electrons. The highest BCUT2D eigenvalue weighted by Crippen LogP contribution is 2.36. The number of nitrogens with zero attached hydrogens (tertiary/aromatic N) is 1. The van der Waals surface area contributed by atoms with Gasteiger partial charge in [0, 0.05) is 16.3 Å². The summed E-state index contributed by atoms with van der Waals surface area (Å²) < 4.78 is 14.2. The number of thioether (sulfide) groups is 1. The van der Waals surface area contributed by atoms with E-state index in [1.165, 1.54) is 17.4 Å². The predicted octanol–water partition coefficient (Wildman–Crippen LogP) is 4.73. The fourth-order valence-corrected chi connectivity index (χ4v) is 3.86. The van der Waals surface area contributed by atoms with Crippen molar-refractivity contribution in [3.05, 3.63) is 35.1 Å². The maximum atomic E-state index is 14.2. The number of nitrogens with one attached hydrogen (secondary N) is 1. The molecule has 0 saturated carbocycles. The summed E-state index contributed by atoms with van der Waals surface area (Å²) in [6.07, 6.45) is 0. The molecular weight excluding hydrogens is 291 g/mol. The minimum absolute atomic E-state index is 0.194. The lowest BCUT2D eigenvalue weighted by molar-refractivity contribution is 0.586. The second kappa shape index (κ2) is 7.20. The van der Waals surface area contributed by atoms with E-state index >= 15 is 0 Å². The Morgan fingerprint density at radius 3 is 2.90 bits per heavy atom. The van der Waals surface area contributed by atoms with Gasteiger partial charge in [-0.25, -0.2) is 9.37 Å². The number of rotatable bonds is 6. The number of thiazole rings is 1. The Kier molecular flexibility index (Phi) is 5.57. The Balaban J connectivity index is 2.37. The Morgan fingerprint density at radius 2 is 2.20 bits per heavy atom. The number of hydrogen-bond donors (Lipinski definition) is 1. The summed E-state index contributed by atoms with van der Waals surface area (Å²) in [7, 11) is 0. The highest BCUT2D eigenvalue weighted by atomic mass is 32.2. The maximum Gasteiger partial charge on any atom is 0.134 e. The molecule has 2 aromatic rings. The lowest BCUT2D eigenvalue weighted by Crippen LogP contribution is -2.17. The summed E-state index contributed by atoms with van der Waals surface area (Å²) in [6, 6.07) is 5.41. The van der Waals surface area contributed by atoms with Crippen molar-refractivity contribution in [3.8, 4) is 10.6 Å². The third kappa shape index (κ3) is 3.40. The topological polar surface area (TPSA) is 24.9 Å². The zero-order valence-corrected chi connectivity index (χ0v) is 13.6.